The number of urea groups is 1. The monoisotopic (exact) mass is 394 g/mol. The number of carbonyl (C=O) groups is 1. The number of hydrogen-bond donors (Lipinski definition) is 2. The van der Waals surface area contributed by atoms with Crippen LogP contribution >= 0.6 is 0 Å². The van der Waals surface area contributed by atoms with Gasteiger partial charge in [0, 0.05) is 43.6 Å². The van der Waals surface area contributed by atoms with E-state index in [-0.39, 0.29) is 12.1 Å². The average Bonchev–Trinajstić information content (AvgIpc) is 2.74. The molecule has 1 atom stereocenters. The van der Waals surface area contributed by atoms with E-state index in [1.807, 2.05) is 12.1 Å². The van der Waals surface area contributed by atoms with E-state index in [9.17, 15) is 4.79 Å². The highest BCUT2D eigenvalue weighted by molar-refractivity contribution is 5.90. The molecule has 156 valence electrons. The van der Waals surface area contributed by atoms with E-state index in [4.69, 9.17) is 0 Å². The van der Waals surface area contributed by atoms with E-state index in [2.05, 4.69) is 77.6 Å². The lowest BCUT2D eigenvalue weighted by Crippen LogP contribution is -2.46. The number of likely N-dealkylation sites (N-methyl/N-ethyl adjacent to an activating group) is 1. The Labute approximate surface area is 175 Å². The summed E-state index contributed by atoms with van der Waals surface area (Å²) in [4.78, 5) is 17.3. The summed E-state index contributed by atoms with van der Waals surface area (Å²) in [5, 5.41) is 6.06. The van der Waals surface area contributed by atoms with Gasteiger partial charge in [-0.25, -0.2) is 4.79 Å². The highest BCUT2D eigenvalue weighted by Gasteiger charge is 2.17. The van der Waals surface area contributed by atoms with E-state index in [1.54, 1.807) is 0 Å². The van der Waals surface area contributed by atoms with Gasteiger partial charge in [-0.1, -0.05) is 37.3 Å². The van der Waals surface area contributed by atoms with Gasteiger partial charge in [0.1, 0.15) is 0 Å². The molecule has 1 saturated heterocycles. The zero-order valence-corrected chi connectivity index (χ0v) is 17.9. The first-order valence-electron chi connectivity index (χ1n) is 10.7. The molecule has 0 saturated carbocycles. The fourth-order valence-corrected chi connectivity index (χ4v) is 3.79. The Bertz CT molecular complexity index is 785. The maximum absolute atomic E-state index is 12.4. The molecule has 1 unspecified atom stereocenters. The Morgan fingerprint density at radius 1 is 1.07 bits per heavy atom. The Balaban J connectivity index is 1.48. The Hall–Kier alpha value is -2.53. The number of anilines is 2. The van der Waals surface area contributed by atoms with Crippen LogP contribution in [-0.2, 0) is 6.42 Å². The fourth-order valence-electron chi connectivity index (χ4n) is 3.79. The van der Waals surface area contributed by atoms with Crippen LogP contribution in [0.1, 0.15) is 31.4 Å². The number of carbonyl (C=O) groups excluding carboxylic acids is 1. The van der Waals surface area contributed by atoms with Gasteiger partial charge in [0.05, 0.1) is 0 Å². The summed E-state index contributed by atoms with van der Waals surface area (Å²) in [6.45, 7) is 11.8. The van der Waals surface area contributed by atoms with Gasteiger partial charge in [0.15, 0.2) is 0 Å². The second-order valence-electron chi connectivity index (χ2n) is 7.94. The van der Waals surface area contributed by atoms with Gasteiger partial charge >= 0.3 is 6.03 Å². The van der Waals surface area contributed by atoms with Gasteiger partial charge in [0.2, 0.25) is 0 Å². The molecule has 5 nitrogen and oxygen atoms in total. The molecule has 0 radical (unpaired) electrons. The molecule has 1 fully saturated rings. The predicted octanol–water partition coefficient (Wildman–Crippen LogP) is 4.28. The zero-order chi connectivity index (χ0) is 20.6. The third kappa shape index (κ3) is 6.23. The zero-order valence-electron chi connectivity index (χ0n) is 17.9. The Kier molecular flexibility index (Phi) is 7.53. The molecular weight excluding hydrogens is 360 g/mol. The first-order chi connectivity index (χ1) is 14.0. The molecule has 2 aromatic carbocycles. The summed E-state index contributed by atoms with van der Waals surface area (Å²) in [6.07, 6.45) is 1.88. The molecule has 1 aliphatic rings. The van der Waals surface area contributed by atoms with E-state index < -0.39 is 0 Å². The van der Waals surface area contributed by atoms with E-state index in [1.165, 1.54) is 11.3 Å². The second kappa shape index (κ2) is 10.3. The standard InChI is InChI=1S/C24H34N4O/c1-4-27-14-16-28(17-15-27)22-12-13-23(19(2)18-22)26-24(29)25-20(3)10-11-21-8-6-5-7-9-21/h5-9,12-13,18,20H,4,10-11,14-17H2,1-3H3,(H2,25,26,29). The van der Waals surface area contributed by atoms with Crippen molar-refractivity contribution >= 4 is 17.4 Å². The number of hydrogen-bond acceptors (Lipinski definition) is 3. The van der Waals surface area contributed by atoms with Gasteiger partial charge in [-0.2, -0.15) is 0 Å². The van der Waals surface area contributed by atoms with Crippen molar-refractivity contribution in [3.8, 4) is 0 Å². The molecule has 2 aromatic rings. The topological polar surface area (TPSA) is 47.6 Å². The van der Waals surface area contributed by atoms with Crippen molar-refractivity contribution in [2.24, 2.45) is 0 Å². The minimum absolute atomic E-state index is 0.115. The molecule has 1 heterocycles. The van der Waals surface area contributed by atoms with Gasteiger partial charge < -0.3 is 20.4 Å². The molecule has 0 bridgehead atoms. The van der Waals surface area contributed by atoms with Crippen molar-refractivity contribution in [2.45, 2.75) is 39.7 Å². The maximum atomic E-state index is 12.4. The second-order valence-corrected chi connectivity index (χ2v) is 7.94. The summed E-state index contributed by atoms with van der Waals surface area (Å²) >= 11 is 0. The number of aryl methyl sites for hydroxylation is 2. The lowest BCUT2D eigenvalue weighted by molar-refractivity contribution is 0.248. The number of amides is 2. The molecule has 5 heteroatoms. The number of nitrogens with one attached hydrogen (secondary N) is 2. The van der Waals surface area contributed by atoms with Crippen LogP contribution in [0.25, 0.3) is 0 Å². The SMILES string of the molecule is CCN1CCN(c2ccc(NC(=O)NC(C)CCc3ccccc3)c(C)c2)CC1. The third-order valence-corrected chi connectivity index (χ3v) is 5.73. The van der Waals surface area contributed by atoms with Crippen LogP contribution in [0, 0.1) is 6.92 Å². The molecule has 0 aliphatic carbocycles. The van der Waals surface area contributed by atoms with Crippen molar-refractivity contribution < 1.29 is 4.79 Å². The molecular formula is C24H34N4O. The van der Waals surface area contributed by atoms with Crippen molar-refractivity contribution in [3.63, 3.8) is 0 Å². The molecule has 2 N–H and O–H groups in total. The lowest BCUT2D eigenvalue weighted by atomic mass is 10.1. The molecule has 2 amide bonds. The summed E-state index contributed by atoms with van der Waals surface area (Å²) in [5.74, 6) is 0. The third-order valence-electron chi connectivity index (χ3n) is 5.73. The van der Waals surface area contributed by atoms with Crippen molar-refractivity contribution in [1.29, 1.82) is 0 Å². The summed E-state index contributed by atoms with van der Waals surface area (Å²) < 4.78 is 0. The maximum Gasteiger partial charge on any atom is 0.319 e. The number of piperazine rings is 1. The average molecular weight is 395 g/mol. The van der Waals surface area contributed by atoms with Gasteiger partial charge in [-0.05, 0) is 62.6 Å². The largest absolute Gasteiger partial charge is 0.369 e. The van der Waals surface area contributed by atoms with Crippen LogP contribution in [0.2, 0.25) is 0 Å². The Morgan fingerprint density at radius 3 is 2.45 bits per heavy atom. The minimum atomic E-state index is -0.141. The summed E-state index contributed by atoms with van der Waals surface area (Å²) in [5.41, 5.74) is 4.49. The van der Waals surface area contributed by atoms with Crippen LogP contribution < -0.4 is 15.5 Å². The van der Waals surface area contributed by atoms with E-state index in [0.717, 1.165) is 56.8 Å². The highest BCUT2D eigenvalue weighted by Crippen LogP contribution is 2.23. The van der Waals surface area contributed by atoms with Crippen LogP contribution in [0.5, 0.6) is 0 Å². The quantitative estimate of drug-likeness (QED) is 0.737. The predicted molar refractivity (Wildman–Crippen MR) is 122 cm³/mol. The molecule has 29 heavy (non-hydrogen) atoms. The normalized spacial score (nSPS) is 15.8. The smallest absolute Gasteiger partial charge is 0.319 e. The molecule has 0 spiro atoms. The van der Waals surface area contributed by atoms with Crippen molar-refractivity contribution in [3.05, 3.63) is 59.7 Å². The van der Waals surface area contributed by atoms with Gasteiger partial charge in [0.25, 0.3) is 0 Å². The highest BCUT2D eigenvalue weighted by atomic mass is 16.2. The van der Waals surface area contributed by atoms with Crippen LogP contribution in [0.15, 0.2) is 48.5 Å². The molecule has 0 aromatic heterocycles. The van der Waals surface area contributed by atoms with Crippen molar-refractivity contribution in [1.82, 2.24) is 10.2 Å². The van der Waals surface area contributed by atoms with Gasteiger partial charge in [-0.15, -0.1) is 0 Å². The molecule has 3 rings (SSSR count). The first-order valence-corrected chi connectivity index (χ1v) is 10.7. The molecule has 1 aliphatic heterocycles. The van der Waals surface area contributed by atoms with E-state index >= 15 is 0 Å². The van der Waals surface area contributed by atoms with Crippen LogP contribution in [-0.4, -0.2) is 49.7 Å². The summed E-state index contributed by atoms with van der Waals surface area (Å²) in [6, 6.07) is 16.7. The lowest BCUT2D eigenvalue weighted by Gasteiger charge is -2.35. The summed E-state index contributed by atoms with van der Waals surface area (Å²) in [7, 11) is 0. The fraction of sp³-hybridized carbons (Fsp3) is 0.458. The number of rotatable bonds is 7. The Morgan fingerprint density at radius 2 is 1.79 bits per heavy atom. The number of benzene rings is 2. The minimum Gasteiger partial charge on any atom is -0.369 e. The van der Waals surface area contributed by atoms with Crippen molar-refractivity contribution in [2.75, 3.05) is 42.9 Å². The van der Waals surface area contributed by atoms with Gasteiger partial charge in [-0.3, -0.25) is 0 Å². The first kappa shape index (κ1) is 21.2. The van der Waals surface area contributed by atoms with Crippen LogP contribution in [0.4, 0.5) is 16.2 Å². The van der Waals surface area contributed by atoms with E-state index in [0.29, 0.717) is 0 Å². The number of nitrogens with zero attached hydrogens (tertiary/aromatic N) is 2. The van der Waals surface area contributed by atoms with Crippen LogP contribution in [0.3, 0.4) is 0 Å².